The monoisotopic (exact) mass is 1100 g/mol. The third-order valence-electron chi connectivity index (χ3n) is 15.0. The molecular weight excluding hydrogens is 1020 g/mol. The van der Waals surface area contributed by atoms with Crippen LogP contribution in [-0.4, -0.2) is 145 Å². The lowest BCUT2D eigenvalue weighted by atomic mass is 9.86. The summed E-state index contributed by atoms with van der Waals surface area (Å²) in [6.07, 6.45) is 9.94. The lowest BCUT2D eigenvalue weighted by Gasteiger charge is -2.46. The van der Waals surface area contributed by atoms with E-state index in [9.17, 15) is 9.59 Å². The second-order valence-electron chi connectivity index (χ2n) is 19.4. The molecule has 0 N–H and O–H groups in total. The maximum Gasteiger partial charge on any atom is 0.306 e. The topological polar surface area (TPSA) is 145 Å². The zero-order valence-electron chi connectivity index (χ0n) is 46.6. The maximum absolute atomic E-state index is 12.9. The minimum Gasteiger partial charge on any atom is -1.00 e. The van der Waals surface area contributed by atoms with Gasteiger partial charge in [0.15, 0.2) is 46.0 Å². The van der Waals surface area contributed by atoms with Gasteiger partial charge in [-0.15, -0.1) is 0 Å². The molecule has 2 unspecified atom stereocenters. The molecule has 0 saturated heterocycles. The number of ether oxygens (including phenoxy) is 12. The molecule has 0 radical (unpaired) electrons. The summed E-state index contributed by atoms with van der Waals surface area (Å²) in [4.78, 5) is 25.7. The summed E-state index contributed by atoms with van der Waals surface area (Å²) in [5, 5.41) is 0. The average Bonchev–Trinajstić information content (AvgIpc) is 3.42. The molecule has 76 heavy (non-hydrogen) atoms. The Kier molecular flexibility index (Phi) is 24.3. The van der Waals surface area contributed by atoms with Crippen molar-refractivity contribution in [2.24, 2.45) is 0 Å². The summed E-state index contributed by atoms with van der Waals surface area (Å²) in [5.74, 6) is 5.81. The molecule has 0 amide bonds. The molecule has 0 saturated carbocycles. The van der Waals surface area contributed by atoms with Crippen molar-refractivity contribution in [2.75, 3.05) is 125 Å². The Morgan fingerprint density at radius 1 is 0.461 bits per heavy atom. The van der Waals surface area contributed by atoms with Gasteiger partial charge in [-0.1, -0.05) is 12.2 Å². The number of quaternary nitrogens is 2. The number of esters is 2. The Balaban J connectivity index is 0.00000624. The quantitative estimate of drug-likeness (QED) is 0.0356. The molecule has 0 spiro atoms. The van der Waals surface area contributed by atoms with E-state index in [1.807, 2.05) is 36.4 Å². The van der Waals surface area contributed by atoms with E-state index in [0.29, 0.717) is 109 Å². The third kappa shape index (κ3) is 15.0. The van der Waals surface area contributed by atoms with Crippen LogP contribution in [0.25, 0.3) is 0 Å². The lowest BCUT2D eigenvalue weighted by molar-refractivity contribution is -0.941. The highest BCUT2D eigenvalue weighted by molar-refractivity contribution is 5.70. The van der Waals surface area contributed by atoms with Gasteiger partial charge in [-0.2, -0.15) is 0 Å². The Hall–Kier alpha value is -5.94. The predicted octanol–water partition coefficient (Wildman–Crippen LogP) is 3.04. The van der Waals surface area contributed by atoms with Crippen LogP contribution < -0.4 is 72.2 Å². The molecule has 0 aromatic heterocycles. The highest BCUT2D eigenvalue weighted by Gasteiger charge is 2.42. The number of hydrogen-bond acceptors (Lipinski definition) is 14. The van der Waals surface area contributed by atoms with Crippen molar-refractivity contribution in [3.05, 3.63) is 94.1 Å². The van der Waals surface area contributed by atoms with Crippen LogP contribution in [0.3, 0.4) is 0 Å². The van der Waals surface area contributed by atoms with Crippen LogP contribution in [0.2, 0.25) is 0 Å². The fourth-order valence-corrected chi connectivity index (χ4v) is 10.8. The summed E-state index contributed by atoms with van der Waals surface area (Å²) in [7, 11) is 20.9. The van der Waals surface area contributed by atoms with Crippen LogP contribution in [0.1, 0.15) is 84.0 Å². The summed E-state index contributed by atoms with van der Waals surface area (Å²) in [5.41, 5.74) is 6.93. The van der Waals surface area contributed by atoms with Gasteiger partial charge in [0.2, 0.25) is 11.5 Å². The molecule has 2 aliphatic heterocycles. The van der Waals surface area contributed by atoms with Crippen LogP contribution in [0.15, 0.2) is 60.7 Å². The molecule has 18 heteroatoms. The Morgan fingerprint density at radius 2 is 0.776 bits per heavy atom. The number of carbonyl (C=O) groups is 2. The highest BCUT2D eigenvalue weighted by Crippen LogP contribution is 2.47. The highest BCUT2D eigenvalue weighted by atomic mass is 35.5. The number of methoxy groups -OCH3 is 10. The standard InChI is InChI=1S/C58H80N2O14.2ClH/c1-59(25-21-41-35-47(63-3)49(65-5)37-43(41)45(59)29-39-31-51(67-7)57(71-11)52(32-39)68-8)23-17-27-73-55(61)19-15-13-14-16-20-56(62)74-28-18-24-60(2)26-22-42-36-48(64-4)50(66-6)38-44(42)46(60)30-40-33-53(69-9)58(72-12)54(34-40)70-10;;/h13-14,31-38,45-46H,15-30H2,1-12H3;2*1H/q+2;;/p-2/b14-13-;;/t45-,46-,59?,60?;;/m1../s1. The van der Waals surface area contributed by atoms with E-state index in [-0.39, 0.29) is 61.7 Å². The molecule has 6 rings (SSSR count). The molecular formula is C58H80Cl2N2O14. The Bertz CT molecular complexity index is 2350. The van der Waals surface area contributed by atoms with Gasteiger partial charge in [0, 0.05) is 62.5 Å². The molecule has 2 aliphatic rings. The van der Waals surface area contributed by atoms with E-state index in [1.54, 1.807) is 71.1 Å². The molecule has 420 valence electrons. The maximum atomic E-state index is 12.9. The van der Waals surface area contributed by atoms with Gasteiger partial charge >= 0.3 is 11.9 Å². The molecule has 0 fully saturated rings. The van der Waals surface area contributed by atoms with Gasteiger partial charge in [0.05, 0.1) is 125 Å². The van der Waals surface area contributed by atoms with Gasteiger partial charge in [-0.3, -0.25) is 9.59 Å². The van der Waals surface area contributed by atoms with E-state index in [4.69, 9.17) is 56.8 Å². The van der Waals surface area contributed by atoms with Crippen LogP contribution in [0.4, 0.5) is 0 Å². The molecule has 4 atom stereocenters. The number of halogens is 2. The molecule has 4 aromatic rings. The Labute approximate surface area is 462 Å². The van der Waals surface area contributed by atoms with Crippen molar-refractivity contribution < 1.29 is 100 Å². The number of hydrogen-bond donors (Lipinski definition) is 0. The Morgan fingerprint density at radius 3 is 1.08 bits per heavy atom. The van der Waals surface area contributed by atoms with Crippen LogP contribution in [0.5, 0.6) is 57.5 Å². The van der Waals surface area contributed by atoms with Crippen molar-refractivity contribution in [3.8, 4) is 57.5 Å². The number of carbonyl (C=O) groups excluding carboxylic acids is 2. The number of allylic oxidation sites excluding steroid dienone is 2. The molecule has 16 nitrogen and oxygen atoms in total. The second-order valence-corrected chi connectivity index (χ2v) is 19.4. The van der Waals surface area contributed by atoms with Crippen molar-refractivity contribution >= 4 is 11.9 Å². The number of rotatable bonds is 28. The minimum absolute atomic E-state index is 0. The lowest BCUT2D eigenvalue weighted by Crippen LogP contribution is -3.00. The van der Waals surface area contributed by atoms with Gasteiger partial charge in [-0.25, -0.2) is 0 Å². The van der Waals surface area contributed by atoms with Gasteiger partial charge < -0.3 is 90.6 Å². The fourth-order valence-electron chi connectivity index (χ4n) is 10.8. The van der Waals surface area contributed by atoms with Crippen molar-refractivity contribution in [1.29, 1.82) is 0 Å². The van der Waals surface area contributed by atoms with Crippen molar-refractivity contribution in [2.45, 2.75) is 76.3 Å². The van der Waals surface area contributed by atoms with E-state index in [2.05, 4.69) is 38.4 Å². The summed E-state index contributed by atoms with van der Waals surface area (Å²) in [6.45, 7) is 4.02. The van der Waals surface area contributed by atoms with Crippen molar-refractivity contribution in [3.63, 3.8) is 0 Å². The molecule has 0 bridgehead atoms. The normalized spacial score (nSPS) is 18.4. The first-order valence-corrected chi connectivity index (χ1v) is 25.5. The average molecular weight is 1100 g/mol. The molecule has 2 heterocycles. The number of fused-ring (bicyclic) bond motifs is 2. The first-order valence-electron chi connectivity index (χ1n) is 25.5. The van der Waals surface area contributed by atoms with Crippen LogP contribution in [0, 0.1) is 0 Å². The van der Waals surface area contributed by atoms with E-state index >= 15 is 0 Å². The summed E-state index contributed by atoms with van der Waals surface area (Å²) >= 11 is 0. The fraction of sp³-hybridized carbons (Fsp3) is 0.517. The number of benzene rings is 4. The van der Waals surface area contributed by atoms with Crippen LogP contribution in [-0.2, 0) is 44.7 Å². The number of nitrogens with zero attached hydrogens (tertiary/aromatic N) is 2. The molecule has 0 aliphatic carbocycles. The van der Waals surface area contributed by atoms with Gasteiger partial charge in [0.25, 0.3) is 0 Å². The summed E-state index contributed by atoms with van der Waals surface area (Å²) < 4.78 is 69.8. The van der Waals surface area contributed by atoms with E-state index < -0.39 is 0 Å². The third-order valence-corrected chi connectivity index (χ3v) is 15.0. The predicted molar refractivity (Wildman–Crippen MR) is 282 cm³/mol. The first kappa shape index (κ1) is 62.6. The van der Waals surface area contributed by atoms with E-state index in [0.717, 1.165) is 59.1 Å². The van der Waals surface area contributed by atoms with Crippen LogP contribution >= 0.6 is 0 Å². The zero-order valence-corrected chi connectivity index (χ0v) is 48.1. The number of likely N-dealkylation sites (N-methyl/N-ethyl adjacent to an activating group) is 2. The first-order chi connectivity index (χ1) is 35.7. The van der Waals surface area contributed by atoms with Crippen molar-refractivity contribution in [1.82, 2.24) is 0 Å². The smallest absolute Gasteiger partial charge is 0.306 e. The molecule has 4 aromatic carbocycles. The van der Waals surface area contributed by atoms with Gasteiger partial charge in [0.1, 0.15) is 12.1 Å². The van der Waals surface area contributed by atoms with Gasteiger partial charge in [-0.05, 0) is 83.6 Å². The minimum atomic E-state index is -0.246. The van der Waals surface area contributed by atoms with E-state index in [1.165, 1.54) is 22.3 Å². The second kappa shape index (κ2) is 29.5. The zero-order chi connectivity index (χ0) is 53.4. The summed E-state index contributed by atoms with van der Waals surface area (Å²) in [6, 6.07) is 16.5. The SMILES string of the molecule is COc1cc2c(cc1OC)[C@@H](Cc1cc(OC)c(OC)c(OC)c1)[N+](C)(CCCOC(=O)CC/C=C\CCC(=O)OCCC[N+]1(C)CCc3cc(OC)c(OC)cc3[C@H]1Cc1cc(OC)c(OC)c(OC)c1)CC2.[Cl-].[Cl-]. The largest absolute Gasteiger partial charge is 1.00 e.